The van der Waals surface area contributed by atoms with Crippen molar-refractivity contribution >= 4 is 16.2 Å². The lowest BCUT2D eigenvalue weighted by Gasteiger charge is -2.14. The highest BCUT2D eigenvalue weighted by Gasteiger charge is 2.16. The van der Waals surface area contributed by atoms with E-state index < -0.39 is 29.0 Å². The van der Waals surface area contributed by atoms with Gasteiger partial charge in [0.25, 0.3) is 10.2 Å². The molecule has 2 rings (SSSR count). The molecule has 10 heteroatoms. The first-order valence-electron chi connectivity index (χ1n) is 8.29. The number of nitrogens with two attached hydrogens (primary N) is 1. The molecule has 0 saturated heterocycles. The van der Waals surface area contributed by atoms with Gasteiger partial charge in [-0.15, -0.1) is 0 Å². The number of rotatable bonds is 10. The summed E-state index contributed by atoms with van der Waals surface area (Å²) in [6.45, 7) is -0.498. The first-order valence-corrected chi connectivity index (χ1v) is 9.77. The molecule has 4 N–H and O–H groups in total. The third-order valence-corrected chi connectivity index (χ3v) is 4.78. The van der Waals surface area contributed by atoms with Gasteiger partial charge in [-0.25, -0.2) is 0 Å². The minimum absolute atomic E-state index is 0.0553. The van der Waals surface area contributed by atoms with E-state index in [4.69, 9.17) is 19.9 Å². The largest absolute Gasteiger partial charge is 0.497 e. The van der Waals surface area contributed by atoms with E-state index in [1.165, 1.54) is 7.11 Å². The van der Waals surface area contributed by atoms with Crippen molar-refractivity contribution in [3.63, 3.8) is 0 Å². The lowest BCUT2D eigenvalue weighted by atomic mass is 10.2. The molecule has 0 fully saturated rings. The first kappa shape index (κ1) is 21.6. The van der Waals surface area contributed by atoms with E-state index in [1.54, 1.807) is 55.6 Å². The fourth-order valence-corrected chi connectivity index (χ4v) is 2.94. The average Bonchev–Trinajstić information content (AvgIpc) is 2.71. The highest BCUT2D eigenvalue weighted by molar-refractivity contribution is 7.87. The van der Waals surface area contributed by atoms with Crippen LogP contribution in [0.15, 0.2) is 48.5 Å². The van der Waals surface area contributed by atoms with Crippen LogP contribution in [0.4, 0.5) is 0 Å². The van der Waals surface area contributed by atoms with Crippen LogP contribution in [-0.2, 0) is 26.3 Å². The van der Waals surface area contributed by atoms with E-state index in [1.807, 2.05) is 0 Å². The molecule has 1 unspecified atom stereocenters. The van der Waals surface area contributed by atoms with Crippen molar-refractivity contribution in [2.45, 2.75) is 12.8 Å². The van der Waals surface area contributed by atoms with Crippen molar-refractivity contribution < 1.29 is 27.4 Å². The summed E-state index contributed by atoms with van der Waals surface area (Å²) < 4.78 is 43.5. The Morgan fingerprint density at radius 3 is 2.04 bits per heavy atom. The molecule has 0 aliphatic carbocycles. The monoisotopic (exact) mass is 409 g/mol. The van der Waals surface area contributed by atoms with Crippen LogP contribution in [0, 0.1) is 0 Å². The van der Waals surface area contributed by atoms with Crippen LogP contribution in [-0.4, -0.2) is 35.2 Å². The van der Waals surface area contributed by atoms with Gasteiger partial charge in [0, 0.05) is 12.1 Å². The normalized spacial score (nSPS) is 12.2. The van der Waals surface area contributed by atoms with Crippen LogP contribution in [0.2, 0.25) is 0 Å². The van der Waals surface area contributed by atoms with Crippen LogP contribution in [0.25, 0.3) is 0 Å². The standard InChI is InChI=1S/C18H23N3O6S/c1-25-15-7-3-13(4-8-15)11-20-28(23,24)21-12-17(22)27-18(19)14-5-9-16(26-2)10-6-14/h3-10,18,20-21H,11-12,19H2,1-2H3. The molecule has 0 aliphatic heterocycles. The Kier molecular flexibility index (Phi) is 7.76. The van der Waals surface area contributed by atoms with Crippen LogP contribution in [0.3, 0.4) is 0 Å². The lowest BCUT2D eigenvalue weighted by Crippen LogP contribution is -2.40. The number of benzene rings is 2. The van der Waals surface area contributed by atoms with Crippen molar-refractivity contribution in [2.24, 2.45) is 5.73 Å². The molecule has 0 aliphatic rings. The number of nitrogens with one attached hydrogen (secondary N) is 2. The molecule has 0 heterocycles. The summed E-state index contributed by atoms with van der Waals surface area (Å²) in [6, 6.07) is 13.5. The number of carbonyl (C=O) groups is 1. The van der Waals surface area contributed by atoms with Gasteiger partial charge < -0.3 is 14.2 Å². The molecular weight excluding hydrogens is 386 g/mol. The molecule has 0 radical (unpaired) electrons. The summed E-state index contributed by atoms with van der Waals surface area (Å²) in [5.41, 5.74) is 7.08. The molecule has 9 nitrogen and oxygen atoms in total. The summed E-state index contributed by atoms with van der Waals surface area (Å²) in [5.74, 6) is 0.497. The number of hydrogen-bond donors (Lipinski definition) is 3. The summed E-state index contributed by atoms with van der Waals surface area (Å²) in [4.78, 5) is 11.8. The lowest BCUT2D eigenvalue weighted by molar-refractivity contribution is -0.147. The summed E-state index contributed by atoms with van der Waals surface area (Å²) in [6.07, 6.45) is -1.02. The number of hydrogen-bond acceptors (Lipinski definition) is 7. The SMILES string of the molecule is COc1ccc(CNS(=O)(=O)NCC(=O)OC(N)c2ccc(OC)cc2)cc1. The Balaban J connectivity index is 1.79. The van der Waals surface area contributed by atoms with Crippen molar-refractivity contribution in [3.8, 4) is 11.5 Å². The first-order chi connectivity index (χ1) is 13.3. The number of methoxy groups -OCH3 is 2. The van der Waals surface area contributed by atoms with Gasteiger partial charge in [0.15, 0.2) is 6.23 Å². The Bertz CT molecular complexity index is 869. The summed E-state index contributed by atoms with van der Waals surface area (Å²) >= 11 is 0. The molecule has 2 aromatic rings. The maximum Gasteiger partial charge on any atom is 0.322 e. The molecule has 0 bridgehead atoms. The number of ether oxygens (including phenoxy) is 3. The average molecular weight is 409 g/mol. The molecule has 2 aromatic carbocycles. The Labute approximate surface area is 164 Å². The predicted octanol–water partition coefficient (Wildman–Crippen LogP) is 0.829. The zero-order valence-corrected chi connectivity index (χ0v) is 16.4. The van der Waals surface area contributed by atoms with Crippen molar-refractivity contribution in [1.29, 1.82) is 0 Å². The molecule has 1 atom stereocenters. The number of esters is 1. The Morgan fingerprint density at radius 1 is 0.964 bits per heavy atom. The fraction of sp³-hybridized carbons (Fsp3) is 0.278. The van der Waals surface area contributed by atoms with Crippen molar-refractivity contribution in [3.05, 3.63) is 59.7 Å². The van der Waals surface area contributed by atoms with Crippen molar-refractivity contribution in [2.75, 3.05) is 20.8 Å². The van der Waals surface area contributed by atoms with Crippen LogP contribution < -0.4 is 24.7 Å². The van der Waals surface area contributed by atoms with Crippen LogP contribution in [0.5, 0.6) is 11.5 Å². The van der Waals surface area contributed by atoms with E-state index >= 15 is 0 Å². The van der Waals surface area contributed by atoms with Gasteiger partial charge in [0.1, 0.15) is 18.0 Å². The molecule has 152 valence electrons. The maximum absolute atomic E-state index is 12.0. The van der Waals surface area contributed by atoms with E-state index in [0.29, 0.717) is 17.1 Å². The molecular formula is C18H23N3O6S. The van der Waals surface area contributed by atoms with Crippen molar-refractivity contribution in [1.82, 2.24) is 9.44 Å². The van der Waals surface area contributed by atoms with Gasteiger partial charge in [0.05, 0.1) is 14.2 Å². The predicted molar refractivity (Wildman–Crippen MR) is 103 cm³/mol. The van der Waals surface area contributed by atoms with Gasteiger partial charge >= 0.3 is 5.97 Å². The highest BCUT2D eigenvalue weighted by atomic mass is 32.2. The topological polar surface area (TPSA) is 129 Å². The van der Waals surface area contributed by atoms with Crippen LogP contribution >= 0.6 is 0 Å². The zero-order chi connectivity index (χ0) is 20.6. The fourth-order valence-electron chi connectivity index (χ4n) is 2.17. The maximum atomic E-state index is 12.0. The Morgan fingerprint density at radius 2 is 1.50 bits per heavy atom. The highest BCUT2D eigenvalue weighted by Crippen LogP contribution is 2.17. The van der Waals surface area contributed by atoms with E-state index in [0.717, 1.165) is 5.56 Å². The van der Waals surface area contributed by atoms with Gasteiger partial charge in [-0.2, -0.15) is 17.9 Å². The molecule has 0 spiro atoms. The molecule has 0 aromatic heterocycles. The summed E-state index contributed by atoms with van der Waals surface area (Å²) in [5, 5.41) is 0. The molecule has 28 heavy (non-hydrogen) atoms. The second-order valence-electron chi connectivity index (χ2n) is 5.68. The Hall–Kier alpha value is -2.66. The smallest absolute Gasteiger partial charge is 0.322 e. The minimum Gasteiger partial charge on any atom is -0.497 e. The third-order valence-electron chi connectivity index (χ3n) is 3.73. The summed E-state index contributed by atoms with van der Waals surface area (Å²) in [7, 11) is -0.815. The van der Waals surface area contributed by atoms with Crippen LogP contribution in [0.1, 0.15) is 17.4 Å². The van der Waals surface area contributed by atoms with E-state index in [-0.39, 0.29) is 6.54 Å². The minimum atomic E-state index is -3.89. The van der Waals surface area contributed by atoms with Gasteiger partial charge in [-0.05, 0) is 29.8 Å². The second-order valence-corrected chi connectivity index (χ2v) is 7.26. The zero-order valence-electron chi connectivity index (χ0n) is 15.5. The van der Waals surface area contributed by atoms with Gasteiger partial charge in [-0.3, -0.25) is 10.5 Å². The van der Waals surface area contributed by atoms with E-state index in [2.05, 4.69) is 9.44 Å². The molecule has 0 saturated carbocycles. The second kappa shape index (κ2) is 10.0. The molecule has 0 amide bonds. The van der Waals surface area contributed by atoms with Gasteiger partial charge in [0.2, 0.25) is 0 Å². The van der Waals surface area contributed by atoms with E-state index in [9.17, 15) is 13.2 Å². The van der Waals surface area contributed by atoms with Gasteiger partial charge in [-0.1, -0.05) is 24.3 Å². The third kappa shape index (κ3) is 6.82. The number of carbonyl (C=O) groups excluding carboxylic acids is 1. The quantitative estimate of drug-likeness (QED) is 0.391.